The minimum Gasteiger partial charge on any atom is -0.369 e. The minimum atomic E-state index is -0.0780. The third kappa shape index (κ3) is 18.1. The van der Waals surface area contributed by atoms with Crippen LogP contribution in [-0.2, 0) is 4.79 Å². The molecule has 1 atom stereocenters. The molecule has 25 heavy (non-hydrogen) atoms. The first-order valence-corrected chi connectivity index (χ1v) is 11.5. The summed E-state index contributed by atoms with van der Waals surface area (Å²) in [5.41, 5.74) is 5.53. The molecule has 0 aromatic carbocycles. The van der Waals surface area contributed by atoms with E-state index < -0.39 is 0 Å². The Hall–Kier alpha value is -0.530. The summed E-state index contributed by atoms with van der Waals surface area (Å²) in [6.07, 6.45) is 25.0. The van der Waals surface area contributed by atoms with Gasteiger partial charge in [0.05, 0.1) is 0 Å². The van der Waals surface area contributed by atoms with Crippen LogP contribution in [-0.4, -0.2) is 5.91 Å². The van der Waals surface area contributed by atoms with Crippen LogP contribution in [0.3, 0.4) is 0 Å². The molecular weight excluding hydrogens is 306 g/mol. The number of carbonyl (C=O) groups excluding carboxylic acids is 1. The highest BCUT2D eigenvalue weighted by molar-refractivity contribution is 5.76. The van der Waals surface area contributed by atoms with E-state index in [0.29, 0.717) is 0 Å². The van der Waals surface area contributed by atoms with Gasteiger partial charge in [-0.15, -0.1) is 0 Å². The van der Waals surface area contributed by atoms with E-state index in [-0.39, 0.29) is 11.8 Å². The van der Waals surface area contributed by atoms with Gasteiger partial charge in [0.1, 0.15) is 0 Å². The van der Waals surface area contributed by atoms with Crippen molar-refractivity contribution in [1.82, 2.24) is 0 Å². The Bertz CT molecular complexity index is 277. The lowest BCUT2D eigenvalue weighted by Crippen LogP contribution is -2.23. The minimum absolute atomic E-state index is 0.0780. The number of hydrogen-bond donors (Lipinski definition) is 1. The fourth-order valence-electron chi connectivity index (χ4n) is 3.65. The van der Waals surface area contributed by atoms with E-state index in [0.717, 1.165) is 19.3 Å². The first kappa shape index (κ1) is 24.5. The molecule has 2 nitrogen and oxygen atoms in total. The van der Waals surface area contributed by atoms with Gasteiger partial charge >= 0.3 is 0 Å². The van der Waals surface area contributed by atoms with E-state index in [4.69, 9.17) is 5.73 Å². The smallest absolute Gasteiger partial charge is 0.220 e. The average Bonchev–Trinajstić information content (AvgIpc) is 2.60. The molecule has 0 saturated heterocycles. The van der Waals surface area contributed by atoms with Gasteiger partial charge in [-0.05, 0) is 12.8 Å². The molecule has 0 heterocycles. The van der Waals surface area contributed by atoms with Crippen LogP contribution >= 0.6 is 0 Å². The average molecular weight is 354 g/mol. The second-order valence-electron chi connectivity index (χ2n) is 7.98. The van der Waals surface area contributed by atoms with E-state index >= 15 is 0 Å². The van der Waals surface area contributed by atoms with Gasteiger partial charge in [-0.3, -0.25) is 4.79 Å². The van der Waals surface area contributed by atoms with Gasteiger partial charge in [-0.25, -0.2) is 0 Å². The van der Waals surface area contributed by atoms with Crippen molar-refractivity contribution in [3.05, 3.63) is 0 Å². The number of unbranched alkanes of at least 4 members (excludes halogenated alkanes) is 15. The molecule has 0 radical (unpaired) electrons. The third-order valence-corrected chi connectivity index (χ3v) is 5.46. The molecule has 2 N–H and O–H groups in total. The van der Waals surface area contributed by atoms with Crippen LogP contribution in [0.15, 0.2) is 0 Å². The van der Waals surface area contributed by atoms with Gasteiger partial charge in [-0.1, -0.05) is 123 Å². The Balaban J connectivity index is 3.30. The van der Waals surface area contributed by atoms with Crippen LogP contribution in [0.5, 0.6) is 0 Å². The highest BCUT2D eigenvalue weighted by Crippen LogP contribution is 2.18. The maximum absolute atomic E-state index is 11.5. The summed E-state index contributed by atoms with van der Waals surface area (Å²) < 4.78 is 0. The fraction of sp³-hybridized carbons (Fsp3) is 0.957. The van der Waals surface area contributed by atoms with Crippen molar-refractivity contribution >= 4 is 5.91 Å². The summed E-state index contributed by atoms with van der Waals surface area (Å²) in [7, 11) is 0. The molecule has 0 aromatic heterocycles. The topological polar surface area (TPSA) is 43.1 Å². The number of amides is 1. The van der Waals surface area contributed by atoms with E-state index in [1.54, 1.807) is 0 Å². The number of rotatable bonds is 20. The van der Waals surface area contributed by atoms with E-state index in [1.807, 2.05) is 0 Å². The van der Waals surface area contributed by atoms with Gasteiger partial charge in [-0.2, -0.15) is 0 Å². The molecule has 0 aliphatic heterocycles. The fourth-order valence-corrected chi connectivity index (χ4v) is 3.65. The Kier molecular flexibility index (Phi) is 19.4. The summed E-state index contributed by atoms with van der Waals surface area (Å²) in [4.78, 5) is 11.5. The highest BCUT2D eigenvalue weighted by Gasteiger charge is 2.13. The molecule has 1 unspecified atom stereocenters. The summed E-state index contributed by atoms with van der Waals surface area (Å²) in [6.45, 7) is 4.48. The van der Waals surface area contributed by atoms with Crippen LogP contribution in [0.4, 0.5) is 0 Å². The number of hydrogen-bond acceptors (Lipinski definition) is 1. The quantitative estimate of drug-likeness (QED) is 0.226. The zero-order valence-corrected chi connectivity index (χ0v) is 17.5. The molecule has 0 aromatic rings. The predicted octanol–water partition coefficient (Wildman–Crippen LogP) is 7.54. The summed E-state index contributed by atoms with van der Waals surface area (Å²) in [5, 5.41) is 0. The van der Waals surface area contributed by atoms with Gasteiger partial charge in [0.2, 0.25) is 5.91 Å². The lowest BCUT2D eigenvalue weighted by atomic mass is 9.94. The summed E-state index contributed by atoms with van der Waals surface area (Å²) >= 11 is 0. The van der Waals surface area contributed by atoms with Crippen LogP contribution in [0, 0.1) is 5.92 Å². The highest BCUT2D eigenvalue weighted by atomic mass is 16.1. The van der Waals surface area contributed by atoms with Crippen molar-refractivity contribution in [2.24, 2.45) is 11.7 Å². The van der Waals surface area contributed by atoms with E-state index in [9.17, 15) is 4.79 Å². The van der Waals surface area contributed by atoms with Crippen molar-refractivity contribution in [2.75, 3.05) is 0 Å². The zero-order valence-electron chi connectivity index (χ0n) is 17.5. The SMILES string of the molecule is CCCCCCCCCCCCCCCCC(CCCCC)C(N)=O. The summed E-state index contributed by atoms with van der Waals surface area (Å²) in [6, 6.07) is 0. The van der Waals surface area contributed by atoms with Crippen molar-refractivity contribution in [3.63, 3.8) is 0 Å². The third-order valence-electron chi connectivity index (χ3n) is 5.46. The standard InChI is InChI=1S/C23H47NO/c1-3-5-7-8-9-10-11-12-13-14-15-16-17-19-21-22(23(24)25)20-18-6-4-2/h22H,3-21H2,1-2H3,(H2,24,25). The molecule has 0 rings (SSSR count). The molecule has 0 aliphatic carbocycles. The Morgan fingerprint density at radius 3 is 1.20 bits per heavy atom. The second-order valence-corrected chi connectivity index (χ2v) is 7.98. The molecule has 0 aliphatic rings. The van der Waals surface area contributed by atoms with E-state index in [2.05, 4.69) is 13.8 Å². The maximum atomic E-state index is 11.5. The second kappa shape index (κ2) is 19.8. The Labute approximate surface area is 158 Å². The molecule has 0 saturated carbocycles. The first-order chi connectivity index (χ1) is 12.2. The lowest BCUT2D eigenvalue weighted by molar-refractivity contribution is -0.122. The van der Waals surface area contributed by atoms with Gasteiger partial charge in [0.25, 0.3) is 0 Å². The van der Waals surface area contributed by atoms with Crippen LogP contribution in [0.25, 0.3) is 0 Å². The molecule has 1 amide bonds. The van der Waals surface area contributed by atoms with Crippen LogP contribution < -0.4 is 5.73 Å². The number of primary amides is 1. The Morgan fingerprint density at radius 2 is 0.840 bits per heavy atom. The van der Waals surface area contributed by atoms with Crippen molar-refractivity contribution in [1.29, 1.82) is 0 Å². The van der Waals surface area contributed by atoms with Crippen molar-refractivity contribution < 1.29 is 4.79 Å². The Morgan fingerprint density at radius 1 is 0.560 bits per heavy atom. The molecule has 2 heteroatoms. The maximum Gasteiger partial charge on any atom is 0.220 e. The molecule has 0 fully saturated rings. The van der Waals surface area contributed by atoms with Crippen LogP contribution in [0.2, 0.25) is 0 Å². The normalized spacial score (nSPS) is 12.4. The number of carbonyl (C=O) groups is 1. The number of nitrogens with two attached hydrogens (primary N) is 1. The first-order valence-electron chi connectivity index (χ1n) is 11.5. The molecule has 150 valence electrons. The van der Waals surface area contributed by atoms with Gasteiger partial charge in [0, 0.05) is 5.92 Å². The molecule has 0 bridgehead atoms. The van der Waals surface area contributed by atoms with Crippen molar-refractivity contribution in [2.45, 2.75) is 136 Å². The zero-order chi connectivity index (χ0) is 18.6. The monoisotopic (exact) mass is 353 g/mol. The van der Waals surface area contributed by atoms with Gasteiger partial charge < -0.3 is 5.73 Å². The van der Waals surface area contributed by atoms with E-state index in [1.165, 1.54) is 103 Å². The molecular formula is C23H47NO. The molecule has 0 spiro atoms. The summed E-state index contributed by atoms with van der Waals surface area (Å²) in [5.74, 6) is 0.0506. The largest absolute Gasteiger partial charge is 0.369 e. The van der Waals surface area contributed by atoms with Crippen molar-refractivity contribution in [3.8, 4) is 0 Å². The van der Waals surface area contributed by atoms with Crippen LogP contribution in [0.1, 0.15) is 136 Å². The predicted molar refractivity (Wildman–Crippen MR) is 112 cm³/mol. The lowest BCUT2D eigenvalue weighted by Gasteiger charge is -2.12. The van der Waals surface area contributed by atoms with Gasteiger partial charge in [0.15, 0.2) is 0 Å².